The molecule has 0 aliphatic carbocycles. The lowest BCUT2D eigenvalue weighted by Crippen LogP contribution is -2.25. The highest BCUT2D eigenvalue weighted by atomic mass is 16.3. The Kier molecular flexibility index (Phi) is 5.52. The van der Waals surface area contributed by atoms with Crippen LogP contribution < -0.4 is 10.6 Å². The number of hydrogen-bond acceptors (Lipinski definition) is 3. The third kappa shape index (κ3) is 3.72. The second kappa shape index (κ2) is 10.0. The molecule has 50 heavy (non-hydrogen) atoms. The van der Waals surface area contributed by atoms with Gasteiger partial charge in [-0.2, -0.15) is 0 Å². The summed E-state index contributed by atoms with van der Waals surface area (Å²) in [5.74, 6) is 0. The van der Waals surface area contributed by atoms with Gasteiger partial charge in [0.1, 0.15) is 11.2 Å². The monoisotopic (exact) mass is 644 g/mol. The van der Waals surface area contributed by atoms with Gasteiger partial charge in [-0.15, -0.1) is 0 Å². The minimum absolute atomic E-state index is 0.107. The van der Waals surface area contributed by atoms with Crippen molar-refractivity contribution in [3.8, 4) is 16.8 Å². The summed E-state index contributed by atoms with van der Waals surface area (Å²) in [6.07, 6.45) is 0. The number of likely N-dealkylation sites (N-methyl/N-ethyl adjacent to an activating group) is 1. The van der Waals surface area contributed by atoms with Gasteiger partial charge in [-0.3, -0.25) is 0 Å². The van der Waals surface area contributed by atoms with Gasteiger partial charge in [-0.1, -0.05) is 72.8 Å². The highest BCUT2D eigenvalue weighted by molar-refractivity contribution is 6.20. The summed E-state index contributed by atoms with van der Waals surface area (Å²) < 4.78 is 11.2. The smallest absolute Gasteiger partial charge is 0.135 e. The molecule has 1 unspecified atom stereocenters. The van der Waals surface area contributed by atoms with Gasteiger partial charge in [0.2, 0.25) is 0 Å². The van der Waals surface area contributed by atoms with E-state index in [0.29, 0.717) is 0 Å². The maximum Gasteiger partial charge on any atom is 0.135 e. The van der Waals surface area contributed by atoms with Gasteiger partial charge in [-0.05, 0) is 83.9 Å². The van der Waals surface area contributed by atoms with E-state index in [1.807, 2.05) is 24.3 Å². The van der Waals surface area contributed by atoms with Crippen LogP contribution in [-0.2, 0) is 6.54 Å². The van der Waals surface area contributed by atoms with E-state index in [-0.39, 0.29) is 6.04 Å². The summed E-state index contributed by atoms with van der Waals surface area (Å²) in [6.45, 7) is 0.825. The molecule has 0 spiro atoms. The lowest BCUT2D eigenvalue weighted by molar-refractivity contribution is 0.611. The predicted octanol–water partition coefficient (Wildman–Crippen LogP) is 11.2. The molecule has 1 atom stereocenters. The van der Waals surface area contributed by atoms with Crippen molar-refractivity contribution < 1.29 is 4.42 Å². The predicted molar refractivity (Wildman–Crippen MR) is 208 cm³/mol. The molecule has 1 aliphatic rings. The van der Waals surface area contributed by atoms with E-state index < -0.39 is 0 Å². The second-order valence-corrected chi connectivity index (χ2v) is 13.6. The minimum atomic E-state index is 0.107. The number of nitrogens with zero attached hydrogens (tertiary/aromatic N) is 3. The van der Waals surface area contributed by atoms with E-state index in [2.05, 4.69) is 142 Å². The van der Waals surface area contributed by atoms with Crippen LogP contribution in [0.3, 0.4) is 0 Å². The van der Waals surface area contributed by atoms with Crippen molar-refractivity contribution in [2.24, 2.45) is 0 Å². The van der Waals surface area contributed by atoms with E-state index in [1.165, 1.54) is 60.3 Å². The highest BCUT2D eigenvalue weighted by Gasteiger charge is 2.32. The molecule has 2 N–H and O–H groups in total. The van der Waals surface area contributed by atoms with Gasteiger partial charge in [-0.25, -0.2) is 0 Å². The molecule has 4 heterocycles. The molecular weight excluding hydrogens is 613 g/mol. The third-order valence-electron chi connectivity index (χ3n) is 11.0. The van der Waals surface area contributed by atoms with Crippen molar-refractivity contribution in [2.75, 3.05) is 17.7 Å². The number of hydrogen-bond donors (Lipinski definition) is 1. The van der Waals surface area contributed by atoms with Crippen LogP contribution in [-0.4, -0.2) is 16.2 Å². The average molecular weight is 645 g/mol. The maximum atomic E-state index is 6.58. The van der Waals surface area contributed by atoms with Gasteiger partial charge in [0.05, 0.1) is 39.5 Å². The molecule has 3 aromatic heterocycles. The molecule has 7 aromatic carbocycles. The van der Waals surface area contributed by atoms with E-state index in [4.69, 9.17) is 10.2 Å². The first-order chi connectivity index (χ1) is 24.6. The lowest BCUT2D eigenvalue weighted by atomic mass is 9.95. The Hall–Kier alpha value is -6.46. The Morgan fingerprint density at radius 2 is 1.30 bits per heavy atom. The Bertz CT molecular complexity index is 3000. The Balaban J connectivity index is 1.21. The zero-order valence-electron chi connectivity index (χ0n) is 27.5. The van der Waals surface area contributed by atoms with Gasteiger partial charge < -0.3 is 24.2 Å². The van der Waals surface area contributed by atoms with Crippen LogP contribution in [0.5, 0.6) is 0 Å². The molecule has 0 saturated carbocycles. The summed E-state index contributed by atoms with van der Waals surface area (Å²) in [7, 11) is 2.18. The van der Waals surface area contributed by atoms with Gasteiger partial charge in [0.25, 0.3) is 0 Å². The number of para-hydroxylation sites is 5. The molecular formula is C45H32N4O. The Labute approximate surface area is 288 Å². The SMILES string of the molecule is CN(c1ccccc1N)C1Cn2c3cc4c(cc3c3cc(-c5ccc6oc7ccccc7c6c5)cc1c32)c1ccccc1n4-c1ccccc1. The van der Waals surface area contributed by atoms with Crippen LogP contribution in [0.15, 0.2) is 150 Å². The fourth-order valence-corrected chi connectivity index (χ4v) is 8.68. The molecule has 11 rings (SSSR count). The van der Waals surface area contributed by atoms with E-state index >= 15 is 0 Å². The highest BCUT2D eigenvalue weighted by Crippen LogP contribution is 2.48. The number of fused-ring (bicyclic) bond motifs is 9. The number of rotatable bonds is 4. The molecule has 1 aliphatic heterocycles. The van der Waals surface area contributed by atoms with Crippen LogP contribution in [0.25, 0.3) is 82.4 Å². The number of anilines is 2. The first-order valence-electron chi connectivity index (χ1n) is 17.2. The summed E-state index contributed by atoms with van der Waals surface area (Å²) >= 11 is 0. The molecule has 0 radical (unpaired) electrons. The van der Waals surface area contributed by atoms with E-state index in [9.17, 15) is 0 Å². The average Bonchev–Trinajstić information content (AvgIpc) is 3.90. The van der Waals surface area contributed by atoms with Crippen LogP contribution in [0.2, 0.25) is 0 Å². The van der Waals surface area contributed by atoms with Crippen molar-refractivity contribution in [3.05, 3.63) is 151 Å². The van der Waals surface area contributed by atoms with Crippen molar-refractivity contribution in [1.29, 1.82) is 0 Å². The van der Waals surface area contributed by atoms with Crippen LogP contribution >= 0.6 is 0 Å². The number of nitrogen functional groups attached to an aromatic ring is 1. The van der Waals surface area contributed by atoms with E-state index in [0.717, 1.165) is 45.5 Å². The summed E-state index contributed by atoms with van der Waals surface area (Å²) in [4.78, 5) is 2.36. The van der Waals surface area contributed by atoms with Gasteiger partial charge >= 0.3 is 0 Å². The number of nitrogens with two attached hydrogens (primary N) is 1. The maximum absolute atomic E-state index is 6.58. The summed E-state index contributed by atoms with van der Waals surface area (Å²) in [5.41, 5.74) is 20.1. The largest absolute Gasteiger partial charge is 0.456 e. The Morgan fingerprint density at radius 1 is 0.580 bits per heavy atom. The summed E-state index contributed by atoms with van der Waals surface area (Å²) in [6, 6.07) is 52.4. The quantitative estimate of drug-likeness (QED) is 0.194. The molecule has 0 saturated heterocycles. The zero-order chi connectivity index (χ0) is 33.1. The summed E-state index contributed by atoms with van der Waals surface area (Å²) in [5, 5.41) is 7.36. The van der Waals surface area contributed by atoms with Crippen molar-refractivity contribution in [3.63, 3.8) is 0 Å². The number of benzene rings is 7. The normalized spacial score (nSPS) is 14.3. The first-order valence-corrected chi connectivity index (χ1v) is 17.2. The lowest BCUT2D eigenvalue weighted by Gasteiger charge is -2.29. The minimum Gasteiger partial charge on any atom is -0.456 e. The Morgan fingerprint density at radius 3 is 2.18 bits per heavy atom. The van der Waals surface area contributed by atoms with Crippen molar-refractivity contribution >= 4 is 76.9 Å². The van der Waals surface area contributed by atoms with E-state index in [1.54, 1.807) is 0 Å². The zero-order valence-corrected chi connectivity index (χ0v) is 27.5. The standard InChI is InChI=1S/C45H32N4O/c1-47(39-17-9-7-15-37(39)46)42-26-48-40-25-41-32(30-13-5-8-16-38(30)49(41)29-11-3-2-4-12-29)24-33(40)35-22-28(23-36(42)45(35)48)27-19-20-44-34(21-27)31-14-6-10-18-43(31)50-44/h2-25,42H,26,46H2,1H3. The third-order valence-corrected chi connectivity index (χ3v) is 11.0. The van der Waals surface area contributed by atoms with Crippen LogP contribution in [0.4, 0.5) is 11.4 Å². The molecule has 0 amide bonds. The second-order valence-electron chi connectivity index (χ2n) is 13.6. The van der Waals surface area contributed by atoms with Crippen LogP contribution in [0, 0.1) is 0 Å². The molecule has 5 heteroatoms. The fourth-order valence-electron chi connectivity index (χ4n) is 8.68. The van der Waals surface area contributed by atoms with Crippen molar-refractivity contribution in [1.82, 2.24) is 9.13 Å². The first kappa shape index (κ1) is 27.5. The molecule has 0 fully saturated rings. The molecule has 10 aromatic rings. The molecule has 0 bridgehead atoms. The van der Waals surface area contributed by atoms with Crippen LogP contribution in [0.1, 0.15) is 11.6 Å². The van der Waals surface area contributed by atoms with Gasteiger partial charge in [0, 0.05) is 57.2 Å². The topological polar surface area (TPSA) is 52.3 Å². The number of furan rings is 1. The molecule has 5 nitrogen and oxygen atoms in total. The molecule has 238 valence electrons. The van der Waals surface area contributed by atoms with Crippen molar-refractivity contribution in [2.45, 2.75) is 12.6 Å². The number of aromatic nitrogens is 2. The fraction of sp³-hybridized carbons (Fsp3) is 0.0667. The van der Waals surface area contributed by atoms with Gasteiger partial charge in [0.15, 0.2) is 0 Å².